The number of hydrogen-bond donors (Lipinski definition) is 0. The van der Waals surface area contributed by atoms with Crippen molar-refractivity contribution in [3.8, 4) is 0 Å². The molecule has 0 saturated heterocycles. The summed E-state index contributed by atoms with van der Waals surface area (Å²) in [6.07, 6.45) is 4.04. The first-order valence-corrected chi connectivity index (χ1v) is 5.66. The van der Waals surface area contributed by atoms with Gasteiger partial charge in [-0.2, -0.15) is 0 Å². The molecule has 2 aromatic rings. The highest BCUT2D eigenvalue weighted by atomic mass is 16.5. The fourth-order valence-electron chi connectivity index (χ4n) is 1.70. The third kappa shape index (κ3) is 2.23. The Morgan fingerprint density at radius 2 is 2.18 bits per heavy atom. The number of benzene rings is 1. The zero-order valence-corrected chi connectivity index (χ0v) is 9.31. The van der Waals surface area contributed by atoms with Crippen LogP contribution in [-0.4, -0.2) is 12.6 Å². The van der Waals surface area contributed by atoms with E-state index < -0.39 is 0 Å². The minimum absolute atomic E-state index is 0.274. The number of furan rings is 1. The topological polar surface area (TPSA) is 39.4 Å². The summed E-state index contributed by atoms with van der Waals surface area (Å²) >= 11 is 0. The minimum Gasteiger partial charge on any atom is -0.459 e. The second-order valence-electron chi connectivity index (χ2n) is 4.10. The molecule has 1 heterocycles. The molecule has 1 aromatic carbocycles. The standard InChI is InChI=1S/C14H12O3/c15-14(16-8-7-10-5-6-10)13-9-11-3-1-2-4-12(11)17-13/h1-5,9H,6-8H2. The molecule has 0 spiro atoms. The first kappa shape index (κ1) is 10.1. The van der Waals surface area contributed by atoms with Crippen LogP contribution < -0.4 is 0 Å². The van der Waals surface area contributed by atoms with Crippen LogP contribution in [0.15, 0.2) is 46.4 Å². The molecule has 1 aromatic heterocycles. The molecule has 0 radical (unpaired) electrons. The zero-order chi connectivity index (χ0) is 11.7. The van der Waals surface area contributed by atoms with E-state index in [9.17, 15) is 4.79 Å². The average molecular weight is 228 g/mol. The summed E-state index contributed by atoms with van der Waals surface area (Å²) in [6.45, 7) is 0.432. The summed E-state index contributed by atoms with van der Waals surface area (Å²) < 4.78 is 10.5. The van der Waals surface area contributed by atoms with Gasteiger partial charge in [0.25, 0.3) is 0 Å². The lowest BCUT2D eigenvalue weighted by molar-refractivity contribution is 0.0476. The fraction of sp³-hybridized carbons (Fsp3) is 0.214. The van der Waals surface area contributed by atoms with Crippen LogP contribution in [-0.2, 0) is 4.74 Å². The molecule has 0 fully saturated rings. The molecule has 0 saturated carbocycles. The summed E-state index contributed by atoms with van der Waals surface area (Å²) in [5, 5.41) is 0.921. The van der Waals surface area contributed by atoms with Crippen molar-refractivity contribution in [2.45, 2.75) is 12.8 Å². The van der Waals surface area contributed by atoms with Crippen molar-refractivity contribution >= 4 is 16.9 Å². The van der Waals surface area contributed by atoms with E-state index >= 15 is 0 Å². The first-order chi connectivity index (χ1) is 8.33. The van der Waals surface area contributed by atoms with Gasteiger partial charge in [0.1, 0.15) is 5.58 Å². The highest BCUT2D eigenvalue weighted by molar-refractivity contribution is 5.92. The van der Waals surface area contributed by atoms with Crippen LogP contribution in [0.3, 0.4) is 0 Å². The molecule has 1 aliphatic rings. The van der Waals surface area contributed by atoms with Crippen LogP contribution in [0.4, 0.5) is 0 Å². The SMILES string of the molecule is O=C(OCCC1=CC1)c1cc2ccccc2o1. The van der Waals surface area contributed by atoms with Crippen LogP contribution in [0, 0.1) is 0 Å². The molecule has 3 nitrogen and oxygen atoms in total. The summed E-state index contributed by atoms with van der Waals surface area (Å²) in [6, 6.07) is 9.24. The van der Waals surface area contributed by atoms with E-state index in [2.05, 4.69) is 6.08 Å². The number of carbonyl (C=O) groups excluding carboxylic acids is 1. The van der Waals surface area contributed by atoms with Crippen molar-refractivity contribution in [2.24, 2.45) is 0 Å². The Balaban J connectivity index is 1.69. The molecule has 0 unspecified atom stereocenters. The zero-order valence-electron chi connectivity index (χ0n) is 9.31. The van der Waals surface area contributed by atoms with E-state index in [1.54, 1.807) is 6.07 Å². The third-order valence-corrected chi connectivity index (χ3v) is 2.78. The number of allylic oxidation sites excluding steroid dienone is 1. The Bertz CT molecular complexity index is 559. The number of ether oxygens (including phenoxy) is 1. The summed E-state index contributed by atoms with van der Waals surface area (Å²) in [5.74, 6) is -0.113. The normalized spacial score (nSPS) is 13.5. The second kappa shape index (κ2) is 4.09. The minimum atomic E-state index is -0.387. The molecule has 3 rings (SSSR count). The largest absolute Gasteiger partial charge is 0.459 e. The quantitative estimate of drug-likeness (QED) is 0.595. The number of fused-ring (bicyclic) bond motifs is 1. The van der Waals surface area contributed by atoms with Crippen molar-refractivity contribution in [1.82, 2.24) is 0 Å². The van der Waals surface area contributed by atoms with E-state index in [0.717, 1.165) is 18.2 Å². The maximum atomic E-state index is 11.7. The van der Waals surface area contributed by atoms with Crippen molar-refractivity contribution in [3.05, 3.63) is 47.7 Å². The number of para-hydroxylation sites is 1. The van der Waals surface area contributed by atoms with Crippen LogP contribution >= 0.6 is 0 Å². The Morgan fingerprint density at radius 1 is 1.35 bits per heavy atom. The lowest BCUT2D eigenvalue weighted by Gasteiger charge is -1.99. The van der Waals surface area contributed by atoms with Crippen molar-refractivity contribution in [1.29, 1.82) is 0 Å². The van der Waals surface area contributed by atoms with Crippen LogP contribution in [0.25, 0.3) is 11.0 Å². The highest BCUT2D eigenvalue weighted by Crippen LogP contribution is 2.22. The van der Waals surface area contributed by atoms with Crippen molar-refractivity contribution < 1.29 is 13.9 Å². The molecule has 1 aliphatic carbocycles. The molecule has 17 heavy (non-hydrogen) atoms. The molecule has 0 amide bonds. The van der Waals surface area contributed by atoms with Crippen LogP contribution in [0.5, 0.6) is 0 Å². The van der Waals surface area contributed by atoms with E-state index in [4.69, 9.17) is 9.15 Å². The molecular formula is C14H12O3. The molecule has 0 bridgehead atoms. The highest BCUT2D eigenvalue weighted by Gasteiger charge is 2.14. The molecule has 0 aliphatic heterocycles. The molecule has 0 N–H and O–H groups in total. The smallest absolute Gasteiger partial charge is 0.374 e. The predicted octanol–water partition coefficient (Wildman–Crippen LogP) is 3.31. The molecule has 3 heteroatoms. The molecule has 0 atom stereocenters. The second-order valence-corrected chi connectivity index (χ2v) is 4.10. The number of carbonyl (C=O) groups is 1. The van der Waals surface area contributed by atoms with Gasteiger partial charge in [-0.3, -0.25) is 0 Å². The van der Waals surface area contributed by atoms with E-state index in [1.165, 1.54) is 5.57 Å². The van der Waals surface area contributed by atoms with Crippen LogP contribution in [0.2, 0.25) is 0 Å². The Labute approximate surface area is 98.7 Å². The van der Waals surface area contributed by atoms with E-state index in [0.29, 0.717) is 12.2 Å². The summed E-state index contributed by atoms with van der Waals surface area (Å²) in [5.41, 5.74) is 2.08. The monoisotopic (exact) mass is 228 g/mol. The summed E-state index contributed by atoms with van der Waals surface area (Å²) in [7, 11) is 0. The van der Waals surface area contributed by atoms with Gasteiger partial charge in [0.15, 0.2) is 0 Å². The average Bonchev–Trinajstić information content (AvgIpc) is 3.06. The van der Waals surface area contributed by atoms with Gasteiger partial charge in [0, 0.05) is 11.8 Å². The van der Waals surface area contributed by atoms with Crippen LogP contribution in [0.1, 0.15) is 23.4 Å². The van der Waals surface area contributed by atoms with Gasteiger partial charge in [-0.1, -0.05) is 29.8 Å². The van der Waals surface area contributed by atoms with Crippen molar-refractivity contribution in [3.63, 3.8) is 0 Å². The van der Waals surface area contributed by atoms with Gasteiger partial charge in [-0.15, -0.1) is 0 Å². The maximum absolute atomic E-state index is 11.7. The van der Waals surface area contributed by atoms with Gasteiger partial charge in [0.2, 0.25) is 5.76 Å². The molecule has 86 valence electrons. The Hall–Kier alpha value is -2.03. The number of hydrogen-bond acceptors (Lipinski definition) is 3. The summed E-state index contributed by atoms with van der Waals surface area (Å²) in [4.78, 5) is 11.7. The Kier molecular flexibility index (Phi) is 2.44. The first-order valence-electron chi connectivity index (χ1n) is 5.66. The van der Waals surface area contributed by atoms with E-state index in [1.807, 2.05) is 24.3 Å². The van der Waals surface area contributed by atoms with Gasteiger partial charge >= 0.3 is 5.97 Å². The van der Waals surface area contributed by atoms with Gasteiger partial charge < -0.3 is 9.15 Å². The van der Waals surface area contributed by atoms with Crippen molar-refractivity contribution in [2.75, 3.05) is 6.61 Å². The van der Waals surface area contributed by atoms with Gasteiger partial charge in [0.05, 0.1) is 6.61 Å². The maximum Gasteiger partial charge on any atom is 0.374 e. The molecular weight excluding hydrogens is 216 g/mol. The van der Waals surface area contributed by atoms with Gasteiger partial charge in [-0.25, -0.2) is 4.79 Å². The Morgan fingerprint density at radius 3 is 2.94 bits per heavy atom. The predicted molar refractivity (Wildman–Crippen MR) is 63.8 cm³/mol. The lowest BCUT2D eigenvalue weighted by atomic mass is 10.2. The number of rotatable bonds is 4. The lowest BCUT2D eigenvalue weighted by Crippen LogP contribution is -2.04. The number of esters is 1. The van der Waals surface area contributed by atoms with E-state index in [-0.39, 0.29) is 11.7 Å². The van der Waals surface area contributed by atoms with Gasteiger partial charge in [-0.05, 0) is 18.6 Å². The fourth-order valence-corrected chi connectivity index (χ4v) is 1.70. The third-order valence-electron chi connectivity index (χ3n) is 2.78.